The van der Waals surface area contributed by atoms with E-state index in [1.807, 2.05) is 25.1 Å². The van der Waals surface area contributed by atoms with E-state index < -0.39 is 5.67 Å². The Morgan fingerprint density at radius 2 is 2.07 bits per heavy atom. The normalized spacial score (nSPS) is 19.1. The van der Waals surface area contributed by atoms with E-state index in [4.69, 9.17) is 0 Å². The van der Waals surface area contributed by atoms with Gasteiger partial charge in [-0.3, -0.25) is 0 Å². The van der Waals surface area contributed by atoms with Crippen LogP contribution in [0.1, 0.15) is 31.2 Å². The van der Waals surface area contributed by atoms with E-state index in [1.165, 1.54) is 5.56 Å². The highest BCUT2D eigenvalue weighted by Crippen LogP contribution is 2.33. The Morgan fingerprint density at radius 3 is 2.73 bits per heavy atom. The predicted molar refractivity (Wildman–Crippen MR) is 62.0 cm³/mol. The molecular formula is C13H18FN. The molecule has 1 N–H and O–H groups in total. The van der Waals surface area contributed by atoms with Crippen LogP contribution in [0.4, 0.5) is 10.1 Å². The molecule has 2 rings (SSSR count). The highest BCUT2D eigenvalue weighted by Gasteiger charge is 2.33. The summed E-state index contributed by atoms with van der Waals surface area (Å²) in [4.78, 5) is 0. The minimum Gasteiger partial charge on any atom is -0.382 e. The second-order valence-electron chi connectivity index (χ2n) is 4.58. The van der Waals surface area contributed by atoms with E-state index in [0.717, 1.165) is 18.5 Å². The lowest BCUT2D eigenvalue weighted by atomic mass is 10.0. The molecule has 0 aliphatic heterocycles. The molecule has 1 aromatic rings. The Morgan fingerprint density at radius 1 is 1.33 bits per heavy atom. The molecule has 1 fully saturated rings. The quantitative estimate of drug-likeness (QED) is 0.797. The van der Waals surface area contributed by atoms with Gasteiger partial charge in [-0.05, 0) is 37.5 Å². The van der Waals surface area contributed by atoms with E-state index in [0.29, 0.717) is 19.4 Å². The molecule has 1 aliphatic carbocycles. The highest BCUT2D eigenvalue weighted by atomic mass is 19.1. The van der Waals surface area contributed by atoms with Crippen molar-refractivity contribution in [1.29, 1.82) is 0 Å². The van der Waals surface area contributed by atoms with Crippen LogP contribution < -0.4 is 5.32 Å². The molecule has 1 aliphatic rings. The second kappa shape index (κ2) is 4.21. The molecule has 82 valence electrons. The number of anilines is 1. The van der Waals surface area contributed by atoms with Crippen LogP contribution in [0.2, 0.25) is 0 Å². The molecule has 0 spiro atoms. The third kappa shape index (κ3) is 2.71. The van der Waals surface area contributed by atoms with Crippen molar-refractivity contribution in [3.05, 3.63) is 29.8 Å². The van der Waals surface area contributed by atoms with E-state index in [-0.39, 0.29) is 0 Å². The van der Waals surface area contributed by atoms with Gasteiger partial charge >= 0.3 is 0 Å². The number of halogens is 1. The van der Waals surface area contributed by atoms with Crippen LogP contribution in [0, 0.1) is 6.92 Å². The fraction of sp³-hybridized carbons (Fsp3) is 0.538. The van der Waals surface area contributed by atoms with Gasteiger partial charge in [0.05, 0.1) is 0 Å². The average molecular weight is 207 g/mol. The van der Waals surface area contributed by atoms with Crippen molar-refractivity contribution >= 4 is 5.69 Å². The minimum atomic E-state index is -0.969. The maximum atomic E-state index is 14.0. The number of alkyl halides is 1. The topological polar surface area (TPSA) is 12.0 Å². The van der Waals surface area contributed by atoms with Gasteiger partial charge in [-0.25, -0.2) is 4.39 Å². The first kappa shape index (κ1) is 10.5. The molecule has 0 saturated heterocycles. The Hall–Kier alpha value is -1.05. The van der Waals surface area contributed by atoms with Crippen LogP contribution in [0.15, 0.2) is 24.3 Å². The van der Waals surface area contributed by atoms with Gasteiger partial charge in [0, 0.05) is 12.2 Å². The molecule has 0 bridgehead atoms. The zero-order valence-electron chi connectivity index (χ0n) is 9.22. The van der Waals surface area contributed by atoms with E-state index in [1.54, 1.807) is 0 Å². The maximum absolute atomic E-state index is 14.0. The lowest BCUT2D eigenvalue weighted by molar-refractivity contribution is 0.190. The van der Waals surface area contributed by atoms with Crippen molar-refractivity contribution < 1.29 is 4.39 Å². The summed E-state index contributed by atoms with van der Waals surface area (Å²) in [6.45, 7) is 2.50. The summed E-state index contributed by atoms with van der Waals surface area (Å²) >= 11 is 0. The molecule has 0 heterocycles. The maximum Gasteiger partial charge on any atom is 0.128 e. The number of hydrogen-bond donors (Lipinski definition) is 1. The molecule has 15 heavy (non-hydrogen) atoms. The first-order valence-electron chi connectivity index (χ1n) is 5.67. The fourth-order valence-electron chi connectivity index (χ4n) is 2.20. The zero-order chi connectivity index (χ0) is 10.7. The SMILES string of the molecule is Cc1cccc(NCC2(F)CCCC2)c1. The summed E-state index contributed by atoms with van der Waals surface area (Å²) in [6.07, 6.45) is 3.50. The summed E-state index contributed by atoms with van der Waals surface area (Å²) in [5.41, 5.74) is 1.27. The van der Waals surface area contributed by atoms with Crippen LogP contribution >= 0.6 is 0 Å². The number of rotatable bonds is 3. The Kier molecular flexibility index (Phi) is 2.94. The second-order valence-corrected chi connectivity index (χ2v) is 4.58. The lowest BCUT2D eigenvalue weighted by Gasteiger charge is -2.20. The molecule has 0 aromatic heterocycles. The van der Waals surface area contributed by atoms with Crippen molar-refractivity contribution in [2.75, 3.05) is 11.9 Å². The first-order valence-corrected chi connectivity index (χ1v) is 5.67. The van der Waals surface area contributed by atoms with Crippen molar-refractivity contribution in [2.45, 2.75) is 38.3 Å². The van der Waals surface area contributed by atoms with Gasteiger partial charge in [0.25, 0.3) is 0 Å². The lowest BCUT2D eigenvalue weighted by Crippen LogP contribution is -2.28. The average Bonchev–Trinajstić information content (AvgIpc) is 2.63. The Labute approximate surface area is 90.7 Å². The molecule has 0 unspecified atom stereocenters. The van der Waals surface area contributed by atoms with E-state index in [2.05, 4.69) is 11.4 Å². The van der Waals surface area contributed by atoms with Crippen LogP contribution in [0.25, 0.3) is 0 Å². The third-order valence-corrected chi connectivity index (χ3v) is 3.13. The Balaban J connectivity index is 1.92. The number of benzene rings is 1. The van der Waals surface area contributed by atoms with Gasteiger partial charge in [-0.1, -0.05) is 25.0 Å². The molecule has 0 atom stereocenters. The summed E-state index contributed by atoms with van der Waals surface area (Å²) < 4.78 is 14.0. The molecule has 1 aromatic carbocycles. The van der Waals surface area contributed by atoms with Crippen molar-refractivity contribution in [3.63, 3.8) is 0 Å². The fourth-order valence-corrected chi connectivity index (χ4v) is 2.20. The van der Waals surface area contributed by atoms with Crippen molar-refractivity contribution in [3.8, 4) is 0 Å². The molecule has 2 heteroatoms. The van der Waals surface area contributed by atoms with Crippen molar-refractivity contribution in [1.82, 2.24) is 0 Å². The van der Waals surface area contributed by atoms with Crippen LogP contribution in [0.5, 0.6) is 0 Å². The van der Waals surface area contributed by atoms with Crippen LogP contribution in [0.3, 0.4) is 0 Å². The third-order valence-electron chi connectivity index (χ3n) is 3.13. The van der Waals surface area contributed by atoms with Crippen LogP contribution in [-0.4, -0.2) is 12.2 Å². The minimum absolute atomic E-state index is 0.455. The summed E-state index contributed by atoms with van der Waals surface area (Å²) in [5.74, 6) is 0. The summed E-state index contributed by atoms with van der Waals surface area (Å²) in [6, 6.07) is 8.09. The van der Waals surface area contributed by atoms with Gasteiger partial charge in [0.2, 0.25) is 0 Å². The number of aryl methyl sites for hydroxylation is 1. The zero-order valence-corrected chi connectivity index (χ0v) is 9.22. The predicted octanol–water partition coefficient (Wildman–Crippen LogP) is 3.69. The molecule has 1 nitrogen and oxygen atoms in total. The highest BCUT2D eigenvalue weighted by molar-refractivity contribution is 5.45. The van der Waals surface area contributed by atoms with Crippen molar-refractivity contribution in [2.24, 2.45) is 0 Å². The standard InChI is InChI=1S/C13H18FN/c1-11-5-4-6-12(9-11)15-10-13(14)7-2-3-8-13/h4-6,9,15H,2-3,7-8,10H2,1H3. The van der Waals surface area contributed by atoms with Gasteiger partial charge in [0.1, 0.15) is 5.67 Å². The first-order chi connectivity index (χ1) is 7.18. The summed E-state index contributed by atoms with van der Waals surface area (Å²) in [5, 5.41) is 3.19. The van der Waals surface area contributed by atoms with Gasteiger partial charge in [0.15, 0.2) is 0 Å². The monoisotopic (exact) mass is 207 g/mol. The smallest absolute Gasteiger partial charge is 0.128 e. The van der Waals surface area contributed by atoms with E-state index in [9.17, 15) is 4.39 Å². The van der Waals surface area contributed by atoms with Gasteiger partial charge in [-0.2, -0.15) is 0 Å². The molecule has 1 saturated carbocycles. The van der Waals surface area contributed by atoms with Crippen LogP contribution in [-0.2, 0) is 0 Å². The Bertz CT molecular complexity index is 329. The largest absolute Gasteiger partial charge is 0.382 e. The summed E-state index contributed by atoms with van der Waals surface area (Å²) in [7, 11) is 0. The number of nitrogens with one attached hydrogen (secondary N) is 1. The van der Waals surface area contributed by atoms with E-state index >= 15 is 0 Å². The molecule has 0 amide bonds. The number of hydrogen-bond acceptors (Lipinski definition) is 1. The molecular weight excluding hydrogens is 189 g/mol. The van der Waals surface area contributed by atoms with Gasteiger partial charge in [-0.15, -0.1) is 0 Å². The van der Waals surface area contributed by atoms with Gasteiger partial charge < -0.3 is 5.32 Å². The molecule has 0 radical (unpaired) electrons.